The summed E-state index contributed by atoms with van der Waals surface area (Å²) in [6.45, 7) is 1.44. The third kappa shape index (κ3) is 6.47. The number of likely N-dealkylation sites (N-methyl/N-ethyl adjacent to an activating group) is 2. The van der Waals surface area contributed by atoms with E-state index in [1.54, 1.807) is 12.1 Å². The fourth-order valence-corrected chi connectivity index (χ4v) is 10.5. The molecule has 7 atom stereocenters. The molecule has 0 saturated heterocycles. The average Bonchev–Trinajstić information content (AvgIpc) is 3.69. The van der Waals surface area contributed by atoms with Crippen LogP contribution in [-0.2, 0) is 27.8 Å². The van der Waals surface area contributed by atoms with Crippen LogP contribution in [0.25, 0.3) is 17.2 Å². The number of dihydropyridines is 1. The Bertz CT molecular complexity index is 2340. The van der Waals surface area contributed by atoms with E-state index >= 15 is 0 Å². The summed E-state index contributed by atoms with van der Waals surface area (Å²) < 4.78 is 25.7. The highest BCUT2D eigenvalue weighted by Crippen LogP contribution is 2.63. The normalized spacial score (nSPS) is 27.1. The first kappa shape index (κ1) is 38.1. The van der Waals surface area contributed by atoms with Gasteiger partial charge in [-0.3, -0.25) is 4.79 Å². The molecule has 1 saturated carbocycles. The molecule has 0 radical (unpaired) electrons. The predicted octanol–water partition coefficient (Wildman–Crippen LogP) is 4.70. The standard InChI is InChI=1S/C46H50N4O8/c1-24(52)55-22-33-30-8-9-31-40-28(16-29(53)18-37(40)56-23-51)20-46-14-13-25(19-46)15-26-7-12-39(47)50-34(26)6-4-5-27-17-36(54)43-32(41(27)44(33)58-45(30)42(31)46)10-11-35(49-3)38(57-43)21-48-2/h7-12,16-18,25,33,35,38-39,44,48-51,53-54H,5,13-15,19-23,47H2,1-3H3. The van der Waals surface area contributed by atoms with Crippen LogP contribution in [0.1, 0.15) is 78.0 Å². The van der Waals surface area contributed by atoms with E-state index in [2.05, 4.69) is 52.1 Å². The highest BCUT2D eigenvalue weighted by molar-refractivity contribution is 5.84. The van der Waals surface area contributed by atoms with Gasteiger partial charge >= 0.3 is 5.97 Å². The molecule has 1 spiro atoms. The van der Waals surface area contributed by atoms with Crippen LogP contribution in [0.15, 0.2) is 59.8 Å². The number of phenols is 2. The number of allylic oxidation sites excluding steroid dienone is 3. The van der Waals surface area contributed by atoms with Gasteiger partial charge in [-0.1, -0.05) is 36.3 Å². The smallest absolute Gasteiger partial charge is 0.302 e. The Labute approximate surface area is 338 Å². The number of carbonyl (C=O) groups excluding carboxylic acids is 1. The average molecular weight is 787 g/mol. The van der Waals surface area contributed by atoms with E-state index in [0.29, 0.717) is 35.9 Å². The van der Waals surface area contributed by atoms with Crippen LogP contribution in [0.4, 0.5) is 0 Å². The van der Waals surface area contributed by atoms with Gasteiger partial charge in [-0.15, -0.1) is 0 Å². The van der Waals surface area contributed by atoms with Crippen molar-refractivity contribution < 1.29 is 39.1 Å². The van der Waals surface area contributed by atoms with E-state index in [-0.39, 0.29) is 48.3 Å². The quantitative estimate of drug-likeness (QED) is 0.100. The summed E-state index contributed by atoms with van der Waals surface area (Å²) in [5.41, 5.74) is 14.8. The van der Waals surface area contributed by atoms with Crippen LogP contribution < -0.4 is 35.9 Å². The van der Waals surface area contributed by atoms with Crippen molar-refractivity contribution in [3.8, 4) is 51.7 Å². The Balaban J connectivity index is 1.32. The highest BCUT2D eigenvalue weighted by Gasteiger charge is 2.51. The molecule has 4 heterocycles. The van der Waals surface area contributed by atoms with Gasteiger partial charge in [0.25, 0.3) is 0 Å². The number of carbonyl (C=O) groups is 1. The van der Waals surface area contributed by atoms with Crippen LogP contribution in [0.2, 0.25) is 0 Å². The second-order valence-corrected chi connectivity index (χ2v) is 16.4. The third-order valence-corrected chi connectivity index (χ3v) is 12.8. The van der Waals surface area contributed by atoms with Gasteiger partial charge in [0, 0.05) is 59.2 Å². The van der Waals surface area contributed by atoms with Gasteiger partial charge in [-0.25, -0.2) is 0 Å². The monoisotopic (exact) mass is 786 g/mol. The Morgan fingerprint density at radius 2 is 1.97 bits per heavy atom. The van der Waals surface area contributed by atoms with Crippen LogP contribution in [0.3, 0.4) is 0 Å². The number of fused-ring (bicyclic) bond motifs is 8. The van der Waals surface area contributed by atoms with Crippen LogP contribution in [0, 0.1) is 17.8 Å². The molecule has 302 valence electrons. The molecular weight excluding hydrogens is 737 g/mol. The molecule has 4 bridgehead atoms. The minimum atomic E-state index is -0.665. The summed E-state index contributed by atoms with van der Waals surface area (Å²) in [5.74, 6) is 7.87. The number of phenolic OH excluding ortho intramolecular Hbond substituents is 2. The number of ether oxygens (including phenoxy) is 4. The molecule has 9 rings (SSSR count). The lowest BCUT2D eigenvalue weighted by Crippen LogP contribution is -2.44. The fourth-order valence-electron chi connectivity index (χ4n) is 10.5. The van der Waals surface area contributed by atoms with Crippen molar-refractivity contribution >= 4 is 12.0 Å². The van der Waals surface area contributed by atoms with Gasteiger partial charge in [-0.2, -0.15) is 0 Å². The Morgan fingerprint density at radius 1 is 1.10 bits per heavy atom. The lowest BCUT2D eigenvalue weighted by Gasteiger charge is -2.39. The van der Waals surface area contributed by atoms with Crippen molar-refractivity contribution in [3.05, 3.63) is 93.2 Å². The highest BCUT2D eigenvalue weighted by atomic mass is 16.6. The molecule has 58 heavy (non-hydrogen) atoms. The molecule has 12 heteroatoms. The van der Waals surface area contributed by atoms with E-state index in [1.807, 2.05) is 32.3 Å². The first-order valence-electron chi connectivity index (χ1n) is 20.2. The number of nitrogens with one attached hydrogen (secondary N) is 3. The SMILES string of the molecule is CNCC1Oc2c(O)cc3c(c2C=CC1NC)C1Oc2c(ccc4c2C2(CCC(CC5=C(C#CC3)NC(N)C=C5)C2)Cc2cc(O)cc(OCO)c2-4)C1COC(C)=O. The van der Waals surface area contributed by atoms with Crippen LogP contribution in [-0.4, -0.2) is 73.6 Å². The second-order valence-electron chi connectivity index (χ2n) is 16.4. The minimum Gasteiger partial charge on any atom is -0.508 e. The summed E-state index contributed by atoms with van der Waals surface area (Å²) in [6, 6.07) is 9.08. The van der Waals surface area contributed by atoms with E-state index in [0.717, 1.165) is 81.6 Å². The zero-order chi connectivity index (χ0) is 40.3. The molecular formula is C46H50N4O8. The molecule has 0 amide bonds. The van der Waals surface area contributed by atoms with Gasteiger partial charge < -0.3 is 56.0 Å². The Kier molecular flexibility index (Phi) is 9.88. The molecule has 3 aromatic rings. The Morgan fingerprint density at radius 3 is 2.76 bits per heavy atom. The van der Waals surface area contributed by atoms with Crippen LogP contribution >= 0.6 is 0 Å². The predicted molar refractivity (Wildman–Crippen MR) is 218 cm³/mol. The zero-order valence-electron chi connectivity index (χ0n) is 33.0. The molecule has 12 nitrogen and oxygen atoms in total. The largest absolute Gasteiger partial charge is 0.508 e. The summed E-state index contributed by atoms with van der Waals surface area (Å²) in [7, 11) is 3.74. The fraction of sp³-hybridized carbons (Fsp3) is 0.413. The number of hydrogen-bond acceptors (Lipinski definition) is 12. The first-order valence-corrected chi connectivity index (χ1v) is 20.2. The van der Waals surface area contributed by atoms with E-state index in [4.69, 9.17) is 24.7 Å². The van der Waals surface area contributed by atoms with Crippen LogP contribution in [0.5, 0.6) is 28.7 Å². The van der Waals surface area contributed by atoms with Gasteiger partial charge in [0.05, 0.1) is 23.8 Å². The van der Waals surface area contributed by atoms with Crippen molar-refractivity contribution in [1.29, 1.82) is 0 Å². The second kappa shape index (κ2) is 15.1. The molecule has 8 N–H and O–H groups in total. The maximum atomic E-state index is 12.5. The van der Waals surface area contributed by atoms with Gasteiger partial charge in [0.15, 0.2) is 18.3 Å². The maximum absolute atomic E-state index is 12.5. The molecule has 6 aliphatic rings. The summed E-state index contributed by atoms with van der Waals surface area (Å²) in [6.07, 6.45) is 11.1. The number of hydrogen-bond donors (Lipinski definition) is 7. The van der Waals surface area contributed by atoms with Gasteiger partial charge in [0.2, 0.25) is 0 Å². The number of nitrogens with two attached hydrogens (primary N) is 1. The number of aromatic hydroxyl groups is 2. The van der Waals surface area contributed by atoms with Crippen molar-refractivity contribution in [1.82, 2.24) is 16.0 Å². The number of rotatable bonds is 7. The molecule has 4 aliphatic heterocycles. The number of benzene rings is 3. The summed E-state index contributed by atoms with van der Waals surface area (Å²) in [5, 5.41) is 42.6. The molecule has 2 aliphatic carbocycles. The maximum Gasteiger partial charge on any atom is 0.302 e. The topological polar surface area (TPSA) is 177 Å². The first-order chi connectivity index (χ1) is 28.1. The van der Waals surface area contributed by atoms with Crippen molar-refractivity contribution in [3.63, 3.8) is 0 Å². The number of aliphatic hydroxyl groups is 1. The van der Waals surface area contributed by atoms with E-state index in [1.165, 1.54) is 6.92 Å². The van der Waals surface area contributed by atoms with E-state index < -0.39 is 24.8 Å². The lowest BCUT2D eigenvalue weighted by atomic mass is 9.65. The minimum absolute atomic E-state index is 0.00594. The lowest BCUT2D eigenvalue weighted by molar-refractivity contribution is -0.141. The third-order valence-electron chi connectivity index (χ3n) is 12.8. The molecule has 1 fully saturated rings. The molecule has 3 aromatic carbocycles. The van der Waals surface area contributed by atoms with Gasteiger partial charge in [0.1, 0.15) is 36.1 Å². The zero-order valence-corrected chi connectivity index (χ0v) is 33.0. The summed E-state index contributed by atoms with van der Waals surface area (Å²) >= 11 is 0. The van der Waals surface area contributed by atoms with Crippen molar-refractivity contribution in [2.24, 2.45) is 11.7 Å². The molecule has 0 aromatic heterocycles. The number of aliphatic hydroxyl groups excluding tert-OH is 1. The van der Waals surface area contributed by atoms with Crippen molar-refractivity contribution in [2.45, 2.75) is 81.2 Å². The van der Waals surface area contributed by atoms with Crippen molar-refractivity contribution in [2.75, 3.05) is 34.0 Å². The van der Waals surface area contributed by atoms with E-state index in [9.17, 15) is 20.1 Å². The van der Waals surface area contributed by atoms with Gasteiger partial charge in [-0.05, 0) is 98.5 Å². The summed E-state index contributed by atoms with van der Waals surface area (Å²) in [4.78, 5) is 12.5. The Hall–Kier alpha value is -5.45. The molecule has 7 unspecified atom stereocenters. The number of esters is 1.